The summed E-state index contributed by atoms with van der Waals surface area (Å²) in [4.78, 5) is 13.8. The fourth-order valence-corrected chi connectivity index (χ4v) is 2.46. The third kappa shape index (κ3) is 2.40. The number of nitriles is 1. The zero-order valence-corrected chi connectivity index (χ0v) is 11.1. The van der Waals surface area contributed by atoms with Gasteiger partial charge in [0.1, 0.15) is 6.04 Å². The zero-order valence-electron chi connectivity index (χ0n) is 11.1. The average molecular weight is 259 g/mol. The van der Waals surface area contributed by atoms with E-state index in [0.29, 0.717) is 12.1 Å². The second-order valence-corrected chi connectivity index (χ2v) is 5.26. The summed E-state index contributed by atoms with van der Waals surface area (Å²) in [7, 11) is 0. The minimum absolute atomic E-state index is 0.191. The quantitative estimate of drug-likeness (QED) is 0.817. The molecule has 1 saturated heterocycles. The number of benzene rings is 1. The molecule has 1 aromatic rings. The van der Waals surface area contributed by atoms with Crippen molar-refractivity contribution >= 4 is 11.6 Å². The van der Waals surface area contributed by atoms with E-state index in [1.807, 2.05) is 24.8 Å². The molecule has 19 heavy (non-hydrogen) atoms. The van der Waals surface area contributed by atoms with Gasteiger partial charge in [-0.3, -0.25) is 4.79 Å². The topological polar surface area (TPSA) is 76.4 Å². The summed E-state index contributed by atoms with van der Waals surface area (Å²) in [5.74, 6) is -0.191. The van der Waals surface area contributed by atoms with Crippen molar-refractivity contribution in [1.82, 2.24) is 5.32 Å². The molecule has 2 rings (SSSR count). The molecule has 100 valence electrons. The number of carbonyl (C=O) groups excluding carboxylic acids is 1. The Bertz CT molecular complexity index is 534. The maximum atomic E-state index is 11.9. The highest BCUT2D eigenvalue weighted by atomic mass is 16.3. The SMILES string of the molecule is CC1(C)CNC(=O)C(CO)N1c1cccc(C#N)c1. The fraction of sp³-hybridized carbons (Fsp3) is 0.429. The van der Waals surface area contributed by atoms with Crippen LogP contribution in [0.2, 0.25) is 0 Å². The highest BCUT2D eigenvalue weighted by molar-refractivity contribution is 5.87. The molecular weight excluding hydrogens is 242 g/mol. The first-order valence-electron chi connectivity index (χ1n) is 6.17. The second kappa shape index (κ2) is 4.90. The van der Waals surface area contributed by atoms with E-state index in [4.69, 9.17) is 5.26 Å². The smallest absolute Gasteiger partial charge is 0.245 e. The summed E-state index contributed by atoms with van der Waals surface area (Å²) in [6.07, 6.45) is 0. The van der Waals surface area contributed by atoms with Gasteiger partial charge in [0.25, 0.3) is 0 Å². The Morgan fingerprint density at radius 3 is 2.95 bits per heavy atom. The first kappa shape index (κ1) is 13.4. The Kier molecular flexibility index (Phi) is 3.45. The average Bonchev–Trinajstić information content (AvgIpc) is 2.41. The van der Waals surface area contributed by atoms with Gasteiger partial charge >= 0.3 is 0 Å². The second-order valence-electron chi connectivity index (χ2n) is 5.26. The van der Waals surface area contributed by atoms with Gasteiger partial charge in [0.15, 0.2) is 0 Å². The molecule has 5 heteroatoms. The molecule has 0 bridgehead atoms. The van der Waals surface area contributed by atoms with Gasteiger partial charge in [0.05, 0.1) is 23.8 Å². The van der Waals surface area contributed by atoms with E-state index in [-0.39, 0.29) is 18.1 Å². The Morgan fingerprint density at radius 2 is 2.32 bits per heavy atom. The van der Waals surface area contributed by atoms with E-state index in [1.165, 1.54) is 0 Å². The van der Waals surface area contributed by atoms with Crippen molar-refractivity contribution in [2.24, 2.45) is 0 Å². The number of aliphatic hydroxyl groups is 1. The number of piperazine rings is 1. The van der Waals surface area contributed by atoms with Gasteiger partial charge in [0, 0.05) is 12.2 Å². The van der Waals surface area contributed by atoms with Gasteiger partial charge in [-0.15, -0.1) is 0 Å². The molecule has 0 aliphatic carbocycles. The van der Waals surface area contributed by atoms with E-state index in [2.05, 4.69) is 11.4 Å². The summed E-state index contributed by atoms with van der Waals surface area (Å²) < 4.78 is 0. The summed E-state index contributed by atoms with van der Waals surface area (Å²) in [5.41, 5.74) is 0.990. The van der Waals surface area contributed by atoms with E-state index < -0.39 is 6.04 Å². The van der Waals surface area contributed by atoms with Crippen LogP contribution in [0.5, 0.6) is 0 Å². The van der Waals surface area contributed by atoms with E-state index in [1.54, 1.807) is 18.2 Å². The van der Waals surface area contributed by atoms with Crippen LogP contribution < -0.4 is 10.2 Å². The number of hydrogen-bond donors (Lipinski definition) is 2. The maximum absolute atomic E-state index is 11.9. The van der Waals surface area contributed by atoms with Crippen LogP contribution in [0, 0.1) is 11.3 Å². The summed E-state index contributed by atoms with van der Waals surface area (Å²) in [6.45, 7) is 4.23. The van der Waals surface area contributed by atoms with Crippen LogP contribution in [0.15, 0.2) is 24.3 Å². The van der Waals surface area contributed by atoms with Crippen molar-refractivity contribution < 1.29 is 9.90 Å². The van der Waals surface area contributed by atoms with Gasteiger partial charge in [-0.2, -0.15) is 5.26 Å². The molecule has 0 spiro atoms. The van der Waals surface area contributed by atoms with Crippen molar-refractivity contribution in [2.75, 3.05) is 18.1 Å². The molecule has 1 amide bonds. The standard InChI is InChI=1S/C14H17N3O2/c1-14(2)9-16-13(19)12(8-18)17(14)11-5-3-4-10(6-11)7-15/h3-6,12,18H,8-9H2,1-2H3,(H,16,19). The molecule has 1 aliphatic heterocycles. The molecule has 1 unspecified atom stereocenters. The molecule has 1 fully saturated rings. The molecule has 5 nitrogen and oxygen atoms in total. The molecule has 0 radical (unpaired) electrons. The lowest BCUT2D eigenvalue weighted by atomic mass is 9.94. The number of rotatable bonds is 2. The number of nitrogens with one attached hydrogen (secondary N) is 1. The monoisotopic (exact) mass is 259 g/mol. The summed E-state index contributed by atoms with van der Waals surface area (Å²) >= 11 is 0. The van der Waals surface area contributed by atoms with Crippen molar-refractivity contribution in [3.8, 4) is 6.07 Å². The van der Waals surface area contributed by atoms with Crippen LogP contribution in [0.1, 0.15) is 19.4 Å². The first-order chi connectivity index (χ1) is 8.99. The lowest BCUT2D eigenvalue weighted by Gasteiger charge is -2.48. The van der Waals surface area contributed by atoms with E-state index in [9.17, 15) is 9.90 Å². The number of carbonyl (C=O) groups is 1. The Morgan fingerprint density at radius 1 is 1.58 bits per heavy atom. The number of anilines is 1. The normalized spacial score (nSPS) is 21.7. The van der Waals surface area contributed by atoms with Gasteiger partial charge < -0.3 is 15.3 Å². The number of aliphatic hydroxyl groups excluding tert-OH is 1. The van der Waals surface area contributed by atoms with Crippen LogP contribution in [-0.2, 0) is 4.79 Å². The minimum Gasteiger partial charge on any atom is -0.394 e. The van der Waals surface area contributed by atoms with Crippen LogP contribution in [0.4, 0.5) is 5.69 Å². The zero-order chi connectivity index (χ0) is 14.0. The van der Waals surface area contributed by atoms with E-state index in [0.717, 1.165) is 5.69 Å². The van der Waals surface area contributed by atoms with Crippen molar-refractivity contribution in [3.63, 3.8) is 0 Å². The fourth-order valence-electron chi connectivity index (χ4n) is 2.46. The molecule has 0 saturated carbocycles. The van der Waals surface area contributed by atoms with Gasteiger partial charge in [-0.1, -0.05) is 6.07 Å². The Hall–Kier alpha value is -2.06. The Labute approximate surface area is 112 Å². The van der Waals surface area contributed by atoms with E-state index >= 15 is 0 Å². The lowest BCUT2D eigenvalue weighted by Crippen LogP contribution is -2.67. The van der Waals surface area contributed by atoms with Crippen LogP contribution in [0.25, 0.3) is 0 Å². The highest BCUT2D eigenvalue weighted by Crippen LogP contribution is 2.29. The number of amides is 1. The van der Waals surface area contributed by atoms with Crippen molar-refractivity contribution in [1.29, 1.82) is 5.26 Å². The largest absolute Gasteiger partial charge is 0.394 e. The van der Waals surface area contributed by atoms with Gasteiger partial charge in [-0.05, 0) is 32.0 Å². The lowest BCUT2D eigenvalue weighted by molar-refractivity contribution is -0.125. The molecule has 1 aromatic carbocycles. The van der Waals surface area contributed by atoms with Crippen LogP contribution in [0.3, 0.4) is 0 Å². The van der Waals surface area contributed by atoms with Crippen molar-refractivity contribution in [3.05, 3.63) is 29.8 Å². The number of hydrogen-bond acceptors (Lipinski definition) is 4. The molecule has 1 aliphatic rings. The first-order valence-corrected chi connectivity index (χ1v) is 6.17. The van der Waals surface area contributed by atoms with Crippen LogP contribution >= 0.6 is 0 Å². The molecular formula is C14H17N3O2. The van der Waals surface area contributed by atoms with Crippen LogP contribution in [-0.4, -0.2) is 35.7 Å². The Balaban J connectivity index is 2.47. The summed E-state index contributed by atoms with van der Waals surface area (Å²) in [5, 5.41) is 21.2. The third-order valence-corrected chi connectivity index (χ3v) is 3.39. The minimum atomic E-state index is -0.627. The highest BCUT2D eigenvalue weighted by Gasteiger charge is 2.40. The summed E-state index contributed by atoms with van der Waals surface area (Å²) in [6, 6.07) is 8.55. The van der Waals surface area contributed by atoms with Gasteiger partial charge in [-0.25, -0.2) is 0 Å². The molecule has 1 atom stereocenters. The maximum Gasteiger partial charge on any atom is 0.245 e. The predicted octanol–water partition coefficient (Wildman–Crippen LogP) is 0.634. The predicted molar refractivity (Wildman–Crippen MR) is 71.6 cm³/mol. The third-order valence-electron chi connectivity index (χ3n) is 3.39. The number of nitrogens with zero attached hydrogens (tertiary/aromatic N) is 2. The molecule has 1 heterocycles. The molecule has 2 N–H and O–H groups in total. The van der Waals surface area contributed by atoms with Gasteiger partial charge in [0.2, 0.25) is 5.91 Å². The molecule has 0 aromatic heterocycles. The van der Waals surface area contributed by atoms with Crippen molar-refractivity contribution in [2.45, 2.75) is 25.4 Å².